The molecule has 4 nitrogen and oxygen atoms in total. The highest BCUT2D eigenvalue weighted by molar-refractivity contribution is 6.40. The van der Waals surface area contributed by atoms with Gasteiger partial charge >= 0.3 is 5.97 Å². The number of carbonyl (C=O) groups is 2. The summed E-state index contributed by atoms with van der Waals surface area (Å²) < 4.78 is 4.28. The highest BCUT2D eigenvalue weighted by Gasteiger charge is 2.15. The summed E-state index contributed by atoms with van der Waals surface area (Å²) in [5, 5.41) is 0. The van der Waals surface area contributed by atoms with Crippen molar-refractivity contribution in [3.8, 4) is 0 Å². The summed E-state index contributed by atoms with van der Waals surface area (Å²) >= 11 is 0. The van der Waals surface area contributed by atoms with Gasteiger partial charge in [-0.05, 0) is 24.3 Å². The van der Waals surface area contributed by atoms with Gasteiger partial charge in [0.2, 0.25) is 0 Å². The predicted molar refractivity (Wildman–Crippen MR) is 47.2 cm³/mol. The minimum absolute atomic E-state index is 0.279. The number of ether oxygens (including phenoxy) is 1. The average Bonchev–Trinajstić information content (AvgIpc) is 2.17. The summed E-state index contributed by atoms with van der Waals surface area (Å²) in [6, 6.07) is 6.06. The summed E-state index contributed by atoms with van der Waals surface area (Å²) in [5.74, 6) is -1.53. The second-order valence-corrected chi connectivity index (χ2v) is 2.44. The highest BCUT2D eigenvalue weighted by Crippen LogP contribution is 2.06. The van der Waals surface area contributed by atoms with Gasteiger partial charge in [0.1, 0.15) is 0 Å². The molecule has 0 aliphatic carbocycles. The fourth-order valence-corrected chi connectivity index (χ4v) is 0.845. The number of hydrogen-bond acceptors (Lipinski definition) is 4. The van der Waals surface area contributed by atoms with E-state index in [1.165, 1.54) is 12.1 Å². The van der Waals surface area contributed by atoms with Crippen LogP contribution in [0.25, 0.3) is 0 Å². The Hall–Kier alpha value is -1.84. The van der Waals surface area contributed by atoms with Gasteiger partial charge in [0.05, 0.1) is 7.11 Å². The van der Waals surface area contributed by atoms with Crippen LogP contribution in [-0.4, -0.2) is 18.9 Å². The van der Waals surface area contributed by atoms with Crippen LogP contribution in [0.1, 0.15) is 10.4 Å². The van der Waals surface area contributed by atoms with Gasteiger partial charge in [0.15, 0.2) is 0 Å². The first-order chi connectivity index (χ1) is 6.15. The summed E-state index contributed by atoms with van der Waals surface area (Å²) in [7, 11) is 1.16. The first-order valence-electron chi connectivity index (χ1n) is 3.63. The monoisotopic (exact) mass is 179 g/mol. The Morgan fingerprint density at radius 1 is 1.23 bits per heavy atom. The van der Waals surface area contributed by atoms with E-state index < -0.39 is 11.8 Å². The topological polar surface area (TPSA) is 69.4 Å². The zero-order chi connectivity index (χ0) is 9.84. The molecule has 0 heterocycles. The van der Waals surface area contributed by atoms with Gasteiger partial charge in [0.25, 0.3) is 5.78 Å². The molecule has 0 unspecified atom stereocenters. The number of esters is 1. The molecule has 0 fully saturated rings. The number of anilines is 1. The molecule has 0 saturated heterocycles. The smallest absolute Gasteiger partial charge is 0.379 e. The largest absolute Gasteiger partial charge is 0.463 e. The molecule has 68 valence electrons. The van der Waals surface area contributed by atoms with E-state index in [9.17, 15) is 9.59 Å². The van der Waals surface area contributed by atoms with E-state index in [0.29, 0.717) is 5.69 Å². The van der Waals surface area contributed by atoms with Crippen LogP contribution >= 0.6 is 0 Å². The van der Waals surface area contributed by atoms with Crippen LogP contribution in [0, 0.1) is 0 Å². The molecule has 13 heavy (non-hydrogen) atoms. The quantitative estimate of drug-likeness (QED) is 0.313. The number of methoxy groups -OCH3 is 1. The second-order valence-electron chi connectivity index (χ2n) is 2.44. The SMILES string of the molecule is COC(=O)C(=O)c1ccc(N)cc1. The molecule has 1 aromatic carbocycles. The lowest BCUT2D eigenvalue weighted by atomic mass is 10.1. The summed E-state index contributed by atoms with van der Waals surface area (Å²) in [6.07, 6.45) is 0. The molecule has 0 spiro atoms. The molecule has 0 bridgehead atoms. The molecule has 0 aromatic heterocycles. The number of nitrogens with two attached hydrogens (primary N) is 1. The maximum atomic E-state index is 11.2. The first kappa shape index (κ1) is 9.25. The number of ketones is 1. The predicted octanol–water partition coefficient (Wildman–Crippen LogP) is 0.625. The van der Waals surface area contributed by atoms with Crippen LogP contribution in [0.15, 0.2) is 24.3 Å². The Labute approximate surface area is 75.3 Å². The van der Waals surface area contributed by atoms with E-state index in [1.807, 2.05) is 0 Å². The molecule has 0 aliphatic rings. The van der Waals surface area contributed by atoms with Gasteiger partial charge in [-0.2, -0.15) is 0 Å². The van der Waals surface area contributed by atoms with E-state index >= 15 is 0 Å². The standard InChI is InChI=1S/C9H9NO3/c1-13-9(12)8(11)6-2-4-7(10)5-3-6/h2-5H,10H2,1H3. The van der Waals surface area contributed by atoms with Crippen molar-refractivity contribution in [2.75, 3.05) is 12.8 Å². The zero-order valence-corrected chi connectivity index (χ0v) is 7.11. The van der Waals surface area contributed by atoms with Crippen LogP contribution in [-0.2, 0) is 9.53 Å². The van der Waals surface area contributed by atoms with E-state index in [1.54, 1.807) is 12.1 Å². The maximum Gasteiger partial charge on any atom is 0.379 e. The zero-order valence-electron chi connectivity index (χ0n) is 7.11. The van der Waals surface area contributed by atoms with Crippen LogP contribution in [0.5, 0.6) is 0 Å². The van der Waals surface area contributed by atoms with Gasteiger partial charge in [-0.3, -0.25) is 4.79 Å². The summed E-state index contributed by atoms with van der Waals surface area (Å²) in [5.41, 5.74) is 6.23. The fraction of sp³-hybridized carbons (Fsp3) is 0.111. The molecule has 0 atom stereocenters. The van der Waals surface area contributed by atoms with Crippen molar-refractivity contribution in [1.29, 1.82) is 0 Å². The second kappa shape index (κ2) is 3.71. The number of benzene rings is 1. The van der Waals surface area contributed by atoms with Gasteiger partial charge in [-0.15, -0.1) is 0 Å². The minimum atomic E-state index is -0.871. The first-order valence-corrected chi connectivity index (χ1v) is 3.63. The van der Waals surface area contributed by atoms with Crippen LogP contribution in [0.2, 0.25) is 0 Å². The fourth-order valence-electron chi connectivity index (χ4n) is 0.845. The number of nitrogen functional groups attached to an aromatic ring is 1. The maximum absolute atomic E-state index is 11.2. The number of rotatable bonds is 2. The van der Waals surface area contributed by atoms with Crippen molar-refractivity contribution in [2.45, 2.75) is 0 Å². The number of carbonyl (C=O) groups excluding carboxylic acids is 2. The Morgan fingerprint density at radius 2 is 1.77 bits per heavy atom. The summed E-state index contributed by atoms with van der Waals surface area (Å²) in [6.45, 7) is 0. The number of Topliss-reactive ketones (excluding diaryl/α,β-unsaturated/α-hetero) is 1. The van der Waals surface area contributed by atoms with E-state index in [0.717, 1.165) is 7.11 Å². The van der Waals surface area contributed by atoms with Crippen molar-refractivity contribution in [2.24, 2.45) is 0 Å². The van der Waals surface area contributed by atoms with Gasteiger partial charge in [-0.25, -0.2) is 4.79 Å². The van der Waals surface area contributed by atoms with Gasteiger partial charge in [0, 0.05) is 11.3 Å². The lowest BCUT2D eigenvalue weighted by Gasteiger charge is -1.98. The van der Waals surface area contributed by atoms with Crippen molar-refractivity contribution in [3.05, 3.63) is 29.8 Å². The molecular weight excluding hydrogens is 170 g/mol. The Balaban J connectivity index is 2.90. The van der Waals surface area contributed by atoms with E-state index in [2.05, 4.69) is 4.74 Å². The summed E-state index contributed by atoms with van der Waals surface area (Å²) in [4.78, 5) is 22.0. The Morgan fingerprint density at radius 3 is 2.23 bits per heavy atom. The van der Waals surface area contributed by atoms with Gasteiger partial charge in [-0.1, -0.05) is 0 Å². The molecule has 0 saturated carbocycles. The molecule has 1 aromatic rings. The Kier molecular flexibility index (Phi) is 2.64. The molecule has 0 amide bonds. The average molecular weight is 179 g/mol. The molecular formula is C9H9NO3. The third kappa shape index (κ3) is 2.05. The third-order valence-electron chi connectivity index (χ3n) is 1.54. The molecule has 0 radical (unpaired) electrons. The van der Waals surface area contributed by atoms with Crippen LogP contribution in [0.3, 0.4) is 0 Å². The molecule has 0 aliphatic heterocycles. The Bertz CT molecular complexity index is 329. The van der Waals surface area contributed by atoms with Gasteiger partial charge < -0.3 is 10.5 Å². The normalized spacial score (nSPS) is 9.31. The minimum Gasteiger partial charge on any atom is -0.463 e. The van der Waals surface area contributed by atoms with E-state index in [-0.39, 0.29) is 5.56 Å². The van der Waals surface area contributed by atoms with Crippen LogP contribution in [0.4, 0.5) is 5.69 Å². The van der Waals surface area contributed by atoms with Crippen LogP contribution < -0.4 is 5.73 Å². The van der Waals surface area contributed by atoms with Crippen molar-refractivity contribution >= 4 is 17.4 Å². The van der Waals surface area contributed by atoms with Crippen molar-refractivity contribution < 1.29 is 14.3 Å². The van der Waals surface area contributed by atoms with Crippen molar-refractivity contribution in [1.82, 2.24) is 0 Å². The number of hydrogen-bond donors (Lipinski definition) is 1. The molecule has 1 rings (SSSR count). The lowest BCUT2D eigenvalue weighted by Crippen LogP contribution is -2.15. The molecule has 4 heteroatoms. The van der Waals surface area contributed by atoms with E-state index in [4.69, 9.17) is 5.73 Å². The third-order valence-corrected chi connectivity index (χ3v) is 1.54. The lowest BCUT2D eigenvalue weighted by molar-refractivity contribution is -0.135. The van der Waals surface area contributed by atoms with Crippen molar-refractivity contribution in [3.63, 3.8) is 0 Å². The molecule has 2 N–H and O–H groups in total. The highest BCUT2D eigenvalue weighted by atomic mass is 16.5.